The fourth-order valence-corrected chi connectivity index (χ4v) is 1.83. The summed E-state index contributed by atoms with van der Waals surface area (Å²) >= 11 is 0. The van der Waals surface area contributed by atoms with Crippen LogP contribution in [-0.2, 0) is 11.2 Å². The van der Waals surface area contributed by atoms with Crippen LogP contribution < -0.4 is 5.73 Å². The van der Waals surface area contributed by atoms with Gasteiger partial charge in [-0.1, -0.05) is 0 Å². The summed E-state index contributed by atoms with van der Waals surface area (Å²) in [6.07, 6.45) is 0.267. The summed E-state index contributed by atoms with van der Waals surface area (Å²) in [6.45, 7) is 2.77. The van der Waals surface area contributed by atoms with Gasteiger partial charge in [0.05, 0.1) is 11.6 Å². The Bertz CT molecular complexity index is 541. The maximum absolute atomic E-state index is 13.5. The summed E-state index contributed by atoms with van der Waals surface area (Å²) in [6, 6.07) is 2.53. The SMILES string of the molecule is CCOC(CN)Cc1nc2c(F)c(F)ccc2[nH]1. The molecule has 4 nitrogen and oxygen atoms in total. The van der Waals surface area contributed by atoms with Crippen molar-refractivity contribution in [2.75, 3.05) is 13.2 Å². The number of nitrogens with one attached hydrogen (secondary N) is 1. The molecule has 2 aromatic rings. The Labute approximate surface area is 103 Å². The third-order valence-corrected chi connectivity index (χ3v) is 2.68. The van der Waals surface area contributed by atoms with Crippen LogP contribution >= 0.6 is 0 Å². The molecule has 0 amide bonds. The molecule has 3 N–H and O–H groups in total. The number of H-pyrrole nitrogens is 1. The van der Waals surface area contributed by atoms with E-state index in [9.17, 15) is 8.78 Å². The first-order valence-electron chi connectivity index (χ1n) is 5.80. The Kier molecular flexibility index (Phi) is 3.88. The van der Waals surface area contributed by atoms with E-state index >= 15 is 0 Å². The minimum Gasteiger partial charge on any atom is -0.377 e. The van der Waals surface area contributed by atoms with Crippen molar-refractivity contribution in [2.24, 2.45) is 5.73 Å². The van der Waals surface area contributed by atoms with Crippen LogP contribution in [-0.4, -0.2) is 29.2 Å². The van der Waals surface area contributed by atoms with Crippen LogP contribution in [0.5, 0.6) is 0 Å². The molecule has 0 aliphatic carbocycles. The number of rotatable bonds is 5. The molecule has 0 aliphatic rings. The van der Waals surface area contributed by atoms with Crippen LogP contribution in [0.1, 0.15) is 12.7 Å². The summed E-state index contributed by atoms with van der Waals surface area (Å²) < 4.78 is 31.9. The van der Waals surface area contributed by atoms with Crippen molar-refractivity contribution >= 4 is 11.0 Å². The highest BCUT2D eigenvalue weighted by atomic mass is 19.2. The summed E-state index contributed by atoms with van der Waals surface area (Å²) in [5.41, 5.74) is 6.03. The zero-order chi connectivity index (χ0) is 13.1. The van der Waals surface area contributed by atoms with Gasteiger partial charge >= 0.3 is 0 Å². The van der Waals surface area contributed by atoms with Gasteiger partial charge < -0.3 is 15.5 Å². The van der Waals surface area contributed by atoms with Gasteiger partial charge in [-0.05, 0) is 19.1 Å². The predicted octanol–water partition coefficient (Wildman–Crippen LogP) is 1.75. The molecule has 18 heavy (non-hydrogen) atoms. The molecule has 0 saturated heterocycles. The van der Waals surface area contributed by atoms with E-state index in [1.807, 2.05) is 6.92 Å². The Balaban J connectivity index is 2.27. The first kappa shape index (κ1) is 12.9. The third-order valence-electron chi connectivity index (χ3n) is 2.68. The molecule has 1 unspecified atom stereocenters. The number of imidazole rings is 1. The lowest BCUT2D eigenvalue weighted by Crippen LogP contribution is -2.26. The van der Waals surface area contributed by atoms with E-state index in [0.717, 1.165) is 6.07 Å². The first-order chi connectivity index (χ1) is 8.65. The van der Waals surface area contributed by atoms with E-state index in [1.165, 1.54) is 6.07 Å². The highest BCUT2D eigenvalue weighted by Gasteiger charge is 2.14. The molecule has 1 heterocycles. The van der Waals surface area contributed by atoms with Gasteiger partial charge in [-0.2, -0.15) is 0 Å². The van der Waals surface area contributed by atoms with E-state index in [1.54, 1.807) is 0 Å². The molecular weight excluding hydrogens is 240 g/mol. The highest BCUT2D eigenvalue weighted by Crippen LogP contribution is 2.18. The third kappa shape index (κ3) is 2.49. The summed E-state index contributed by atoms with van der Waals surface area (Å²) in [5.74, 6) is -1.30. The van der Waals surface area contributed by atoms with Crippen molar-refractivity contribution in [1.29, 1.82) is 0 Å². The minimum absolute atomic E-state index is 0.0114. The fourth-order valence-electron chi connectivity index (χ4n) is 1.83. The van der Waals surface area contributed by atoms with Gasteiger partial charge in [0.1, 0.15) is 11.3 Å². The van der Waals surface area contributed by atoms with Crippen LogP contribution in [0, 0.1) is 11.6 Å². The van der Waals surface area contributed by atoms with Gasteiger partial charge in [0.15, 0.2) is 11.6 Å². The van der Waals surface area contributed by atoms with Crippen molar-refractivity contribution < 1.29 is 13.5 Å². The lowest BCUT2D eigenvalue weighted by Gasteiger charge is -2.12. The summed E-state index contributed by atoms with van der Waals surface area (Å²) in [5, 5.41) is 0. The van der Waals surface area contributed by atoms with Crippen LogP contribution in [0.25, 0.3) is 11.0 Å². The van der Waals surface area contributed by atoms with Gasteiger partial charge in [-0.15, -0.1) is 0 Å². The minimum atomic E-state index is -0.935. The van der Waals surface area contributed by atoms with E-state index in [0.29, 0.717) is 30.9 Å². The van der Waals surface area contributed by atoms with Crippen molar-refractivity contribution in [1.82, 2.24) is 9.97 Å². The normalized spacial score (nSPS) is 13.1. The molecule has 98 valence electrons. The van der Waals surface area contributed by atoms with Gasteiger partial charge in [0, 0.05) is 19.6 Å². The molecule has 0 spiro atoms. The number of nitrogens with zero attached hydrogens (tertiary/aromatic N) is 1. The second kappa shape index (κ2) is 5.41. The maximum atomic E-state index is 13.5. The molecule has 0 saturated carbocycles. The molecule has 0 aliphatic heterocycles. The predicted molar refractivity (Wildman–Crippen MR) is 64.2 cm³/mol. The Morgan fingerprint density at radius 1 is 1.44 bits per heavy atom. The number of hydrogen-bond donors (Lipinski definition) is 2. The second-order valence-corrected chi connectivity index (χ2v) is 3.96. The Morgan fingerprint density at radius 2 is 2.22 bits per heavy atom. The number of halogens is 2. The van der Waals surface area contributed by atoms with Gasteiger partial charge in [0.2, 0.25) is 0 Å². The lowest BCUT2D eigenvalue weighted by atomic mass is 10.2. The van der Waals surface area contributed by atoms with Gasteiger partial charge in [-0.25, -0.2) is 13.8 Å². The number of hydrogen-bond acceptors (Lipinski definition) is 3. The number of nitrogens with two attached hydrogens (primary N) is 1. The van der Waals surface area contributed by atoms with E-state index < -0.39 is 11.6 Å². The molecule has 0 bridgehead atoms. The number of benzene rings is 1. The average Bonchev–Trinajstić information content (AvgIpc) is 2.77. The molecule has 0 radical (unpaired) electrons. The fraction of sp³-hybridized carbons (Fsp3) is 0.417. The zero-order valence-corrected chi connectivity index (χ0v) is 10.0. The van der Waals surface area contributed by atoms with Crippen molar-refractivity contribution in [3.05, 3.63) is 29.6 Å². The van der Waals surface area contributed by atoms with Crippen LogP contribution in [0.4, 0.5) is 8.78 Å². The Morgan fingerprint density at radius 3 is 2.89 bits per heavy atom. The number of aromatic amines is 1. The summed E-state index contributed by atoms with van der Waals surface area (Å²) in [4.78, 5) is 6.97. The van der Waals surface area contributed by atoms with E-state index in [4.69, 9.17) is 10.5 Å². The van der Waals surface area contributed by atoms with Gasteiger partial charge in [0.25, 0.3) is 0 Å². The standard InChI is InChI=1S/C12H15F2N3O/c1-2-18-7(6-15)5-10-16-9-4-3-8(13)11(14)12(9)17-10/h3-4,7H,2,5-6,15H2,1H3,(H,16,17). The van der Waals surface area contributed by atoms with E-state index in [2.05, 4.69) is 9.97 Å². The monoisotopic (exact) mass is 255 g/mol. The van der Waals surface area contributed by atoms with Crippen molar-refractivity contribution in [3.63, 3.8) is 0 Å². The number of ether oxygens (including phenoxy) is 1. The maximum Gasteiger partial charge on any atom is 0.186 e. The quantitative estimate of drug-likeness (QED) is 0.855. The van der Waals surface area contributed by atoms with Crippen molar-refractivity contribution in [2.45, 2.75) is 19.4 Å². The van der Waals surface area contributed by atoms with Crippen molar-refractivity contribution in [3.8, 4) is 0 Å². The topological polar surface area (TPSA) is 63.9 Å². The largest absolute Gasteiger partial charge is 0.377 e. The number of fused-ring (bicyclic) bond motifs is 1. The zero-order valence-electron chi connectivity index (χ0n) is 10.0. The molecule has 1 aromatic heterocycles. The molecule has 2 rings (SSSR count). The molecular formula is C12H15F2N3O. The smallest absolute Gasteiger partial charge is 0.186 e. The van der Waals surface area contributed by atoms with E-state index in [-0.39, 0.29) is 11.6 Å². The lowest BCUT2D eigenvalue weighted by molar-refractivity contribution is 0.0682. The first-order valence-corrected chi connectivity index (χ1v) is 5.80. The van der Waals surface area contributed by atoms with Crippen LogP contribution in [0.2, 0.25) is 0 Å². The highest BCUT2D eigenvalue weighted by molar-refractivity contribution is 5.75. The molecule has 1 atom stereocenters. The van der Waals surface area contributed by atoms with Crippen LogP contribution in [0.3, 0.4) is 0 Å². The van der Waals surface area contributed by atoms with Gasteiger partial charge in [-0.3, -0.25) is 0 Å². The number of aromatic nitrogens is 2. The average molecular weight is 255 g/mol. The molecule has 6 heteroatoms. The second-order valence-electron chi connectivity index (χ2n) is 3.96. The van der Waals surface area contributed by atoms with Crippen LogP contribution in [0.15, 0.2) is 12.1 Å². The molecule has 0 fully saturated rings. The summed E-state index contributed by atoms with van der Waals surface area (Å²) in [7, 11) is 0. The molecule has 1 aromatic carbocycles. The Hall–Kier alpha value is -1.53.